The third kappa shape index (κ3) is 4.02. The zero-order chi connectivity index (χ0) is 19.5. The summed E-state index contributed by atoms with van der Waals surface area (Å²) in [7, 11) is 0. The predicted octanol–water partition coefficient (Wildman–Crippen LogP) is 1.50. The van der Waals surface area contributed by atoms with E-state index in [9.17, 15) is 9.59 Å². The van der Waals surface area contributed by atoms with Gasteiger partial charge in [-0.05, 0) is 18.4 Å². The van der Waals surface area contributed by atoms with Gasteiger partial charge in [-0.3, -0.25) is 9.69 Å². The molecule has 2 aromatic heterocycles. The van der Waals surface area contributed by atoms with Crippen LogP contribution in [0.25, 0.3) is 11.4 Å². The molecule has 0 aromatic carbocycles. The zero-order valence-corrected chi connectivity index (χ0v) is 16.6. The van der Waals surface area contributed by atoms with Crippen LogP contribution in [0.1, 0.15) is 18.7 Å². The van der Waals surface area contributed by atoms with Gasteiger partial charge < -0.3 is 19.1 Å². The van der Waals surface area contributed by atoms with Crippen molar-refractivity contribution in [3.63, 3.8) is 0 Å². The van der Waals surface area contributed by atoms with Crippen molar-refractivity contribution < 1.29 is 18.8 Å². The van der Waals surface area contributed by atoms with Gasteiger partial charge in [-0.2, -0.15) is 16.3 Å². The van der Waals surface area contributed by atoms with Crippen LogP contribution in [0, 0.1) is 0 Å². The quantitative estimate of drug-likeness (QED) is 0.744. The standard InChI is InChI=1S/C18H23N5O4S/c1-2-26-18(25)23-6-4-22(5-7-23)15(24)11-21-9-14(10-21)17-19-16(20-27-17)13-3-8-28-12-13/h3,8,12,14H,2,4-7,9-11H2,1H3. The van der Waals surface area contributed by atoms with Gasteiger partial charge >= 0.3 is 6.09 Å². The first-order chi connectivity index (χ1) is 13.6. The molecule has 0 N–H and O–H groups in total. The molecule has 2 saturated heterocycles. The molecule has 4 rings (SSSR count). The molecular weight excluding hydrogens is 382 g/mol. The van der Waals surface area contributed by atoms with E-state index in [1.807, 2.05) is 21.7 Å². The van der Waals surface area contributed by atoms with Crippen molar-refractivity contribution in [3.8, 4) is 11.4 Å². The Bertz CT molecular complexity index is 810. The lowest BCUT2D eigenvalue weighted by molar-refractivity contribution is -0.135. The van der Waals surface area contributed by atoms with E-state index in [0.717, 1.165) is 18.7 Å². The maximum Gasteiger partial charge on any atom is 0.409 e. The van der Waals surface area contributed by atoms with Crippen LogP contribution in [-0.4, -0.2) is 89.3 Å². The van der Waals surface area contributed by atoms with Gasteiger partial charge in [0.2, 0.25) is 17.6 Å². The lowest BCUT2D eigenvalue weighted by Gasteiger charge is -2.39. The maximum atomic E-state index is 12.5. The van der Waals surface area contributed by atoms with Crippen LogP contribution in [0.5, 0.6) is 0 Å². The highest BCUT2D eigenvalue weighted by Gasteiger charge is 2.35. The van der Waals surface area contributed by atoms with Crippen molar-refractivity contribution in [1.29, 1.82) is 0 Å². The van der Waals surface area contributed by atoms with E-state index in [0.29, 0.717) is 51.0 Å². The number of thiophene rings is 1. The van der Waals surface area contributed by atoms with Gasteiger partial charge in [0.15, 0.2) is 0 Å². The predicted molar refractivity (Wildman–Crippen MR) is 102 cm³/mol. The second kappa shape index (κ2) is 8.27. The van der Waals surface area contributed by atoms with Gasteiger partial charge in [0.25, 0.3) is 0 Å². The van der Waals surface area contributed by atoms with E-state index >= 15 is 0 Å². The summed E-state index contributed by atoms with van der Waals surface area (Å²) in [6.45, 7) is 6.12. The number of amides is 2. The number of rotatable bonds is 5. The number of nitrogens with zero attached hydrogens (tertiary/aromatic N) is 5. The molecule has 0 unspecified atom stereocenters. The third-order valence-corrected chi connectivity index (χ3v) is 5.73. The summed E-state index contributed by atoms with van der Waals surface area (Å²) in [6.07, 6.45) is -0.304. The minimum Gasteiger partial charge on any atom is -0.450 e. The minimum atomic E-state index is -0.304. The van der Waals surface area contributed by atoms with Gasteiger partial charge in [-0.15, -0.1) is 0 Å². The molecule has 0 atom stereocenters. The van der Waals surface area contributed by atoms with E-state index in [4.69, 9.17) is 9.26 Å². The highest BCUT2D eigenvalue weighted by Crippen LogP contribution is 2.28. The number of likely N-dealkylation sites (tertiary alicyclic amines) is 1. The van der Waals surface area contributed by atoms with E-state index in [-0.39, 0.29) is 17.9 Å². The fourth-order valence-electron chi connectivity index (χ4n) is 3.41. The average molecular weight is 405 g/mol. The summed E-state index contributed by atoms with van der Waals surface area (Å²) < 4.78 is 10.4. The molecule has 28 heavy (non-hydrogen) atoms. The molecule has 4 heterocycles. The lowest BCUT2D eigenvalue weighted by atomic mass is 10.00. The van der Waals surface area contributed by atoms with Gasteiger partial charge in [0, 0.05) is 50.2 Å². The summed E-state index contributed by atoms with van der Waals surface area (Å²) >= 11 is 1.60. The van der Waals surface area contributed by atoms with E-state index in [1.54, 1.807) is 23.2 Å². The Kier molecular flexibility index (Phi) is 5.58. The number of hydrogen-bond acceptors (Lipinski definition) is 8. The van der Waals surface area contributed by atoms with E-state index in [2.05, 4.69) is 15.0 Å². The fraction of sp³-hybridized carbons (Fsp3) is 0.556. The largest absolute Gasteiger partial charge is 0.450 e. The molecule has 0 aliphatic carbocycles. The smallest absolute Gasteiger partial charge is 0.409 e. The van der Waals surface area contributed by atoms with Gasteiger partial charge in [0.05, 0.1) is 19.1 Å². The molecule has 2 aliphatic rings. The molecule has 0 bridgehead atoms. The van der Waals surface area contributed by atoms with Crippen molar-refractivity contribution in [3.05, 3.63) is 22.7 Å². The van der Waals surface area contributed by atoms with Crippen molar-refractivity contribution >= 4 is 23.3 Å². The van der Waals surface area contributed by atoms with Crippen LogP contribution in [0.2, 0.25) is 0 Å². The van der Waals surface area contributed by atoms with E-state index < -0.39 is 0 Å². The number of ether oxygens (including phenoxy) is 1. The molecule has 0 spiro atoms. The molecule has 10 heteroatoms. The molecule has 0 radical (unpaired) electrons. The Morgan fingerprint density at radius 2 is 2.00 bits per heavy atom. The molecule has 2 aliphatic heterocycles. The number of hydrogen-bond donors (Lipinski definition) is 0. The van der Waals surface area contributed by atoms with Crippen molar-refractivity contribution in [2.24, 2.45) is 0 Å². The summed E-state index contributed by atoms with van der Waals surface area (Å²) in [5, 5.41) is 8.01. The molecule has 150 valence electrons. The fourth-order valence-corrected chi connectivity index (χ4v) is 4.04. The van der Waals surface area contributed by atoms with Crippen LogP contribution in [0.4, 0.5) is 4.79 Å². The van der Waals surface area contributed by atoms with Crippen LogP contribution >= 0.6 is 11.3 Å². The Hall–Kier alpha value is -2.46. The van der Waals surface area contributed by atoms with Gasteiger partial charge in [-0.1, -0.05) is 5.16 Å². The topological polar surface area (TPSA) is 92.0 Å². The first-order valence-corrected chi connectivity index (χ1v) is 10.4. The SMILES string of the molecule is CCOC(=O)N1CCN(C(=O)CN2CC(c3nc(-c4ccsc4)no3)C2)CC1. The zero-order valence-electron chi connectivity index (χ0n) is 15.7. The second-order valence-electron chi connectivity index (χ2n) is 6.93. The van der Waals surface area contributed by atoms with E-state index in [1.165, 1.54) is 0 Å². The van der Waals surface area contributed by atoms with Crippen LogP contribution in [0.3, 0.4) is 0 Å². The van der Waals surface area contributed by atoms with Crippen LogP contribution < -0.4 is 0 Å². The van der Waals surface area contributed by atoms with Crippen molar-refractivity contribution in [2.75, 3.05) is 52.4 Å². The number of carbonyl (C=O) groups is 2. The molecular formula is C18H23N5O4S. The summed E-state index contributed by atoms with van der Waals surface area (Å²) in [5.74, 6) is 1.51. The molecule has 0 saturated carbocycles. The summed E-state index contributed by atoms with van der Waals surface area (Å²) in [5.41, 5.74) is 0.966. The summed E-state index contributed by atoms with van der Waals surface area (Å²) in [4.78, 5) is 34.2. The molecule has 2 aromatic rings. The normalized spacial score (nSPS) is 18.2. The molecule has 2 amide bonds. The first-order valence-electron chi connectivity index (χ1n) is 9.42. The molecule has 9 nitrogen and oxygen atoms in total. The van der Waals surface area contributed by atoms with Gasteiger partial charge in [0.1, 0.15) is 0 Å². The number of piperazine rings is 1. The van der Waals surface area contributed by atoms with Crippen LogP contribution in [-0.2, 0) is 9.53 Å². The number of aromatic nitrogens is 2. The van der Waals surface area contributed by atoms with Gasteiger partial charge in [-0.25, -0.2) is 4.79 Å². The Morgan fingerprint density at radius 1 is 1.25 bits per heavy atom. The highest BCUT2D eigenvalue weighted by atomic mass is 32.1. The van der Waals surface area contributed by atoms with Crippen molar-refractivity contribution in [2.45, 2.75) is 12.8 Å². The first kappa shape index (κ1) is 18.9. The maximum absolute atomic E-state index is 12.5. The minimum absolute atomic E-state index is 0.0893. The van der Waals surface area contributed by atoms with Crippen LogP contribution in [0.15, 0.2) is 21.3 Å². The summed E-state index contributed by atoms with van der Waals surface area (Å²) in [6, 6.07) is 1.97. The lowest BCUT2D eigenvalue weighted by Crippen LogP contribution is -2.55. The average Bonchev–Trinajstić information content (AvgIpc) is 3.36. The monoisotopic (exact) mass is 405 g/mol. The third-order valence-electron chi connectivity index (χ3n) is 5.04. The molecule has 2 fully saturated rings. The highest BCUT2D eigenvalue weighted by molar-refractivity contribution is 7.08. The number of carbonyl (C=O) groups excluding carboxylic acids is 2. The Morgan fingerprint density at radius 3 is 2.68 bits per heavy atom. The Balaban J connectivity index is 1.21. The second-order valence-corrected chi connectivity index (χ2v) is 7.71. The Labute approximate surface area is 166 Å². The van der Waals surface area contributed by atoms with Crippen molar-refractivity contribution in [1.82, 2.24) is 24.8 Å².